The van der Waals surface area contributed by atoms with Gasteiger partial charge < -0.3 is 30.1 Å². The van der Waals surface area contributed by atoms with Gasteiger partial charge in [0, 0.05) is 6.92 Å². The fourth-order valence-corrected chi connectivity index (χ4v) is 4.22. The predicted molar refractivity (Wildman–Crippen MR) is 115 cm³/mol. The molecule has 1 saturated heterocycles. The lowest BCUT2D eigenvalue weighted by Gasteiger charge is -2.45. The van der Waals surface area contributed by atoms with Gasteiger partial charge in [0.15, 0.2) is 6.29 Å². The summed E-state index contributed by atoms with van der Waals surface area (Å²) in [4.78, 5) is 11.6. The Morgan fingerprint density at radius 1 is 1.33 bits per heavy atom. The standard InChI is InChI=1S/C23H39NO6/c1-14(2)7-6-8-15(3)17-9-11-23(5,12-10-17)30-22-19(24-16(4)26)21(28)20(27)18(13-25)29-22/h7,9,11,15,17-22,25,27-28H,6,8,10,12-13H2,1-5H3,(H,24,26)/t15-,17+,18+,19+,20+,21+,22+,23+/m0/s1. The third kappa shape index (κ3) is 6.62. The first-order valence-electron chi connectivity index (χ1n) is 11.0. The monoisotopic (exact) mass is 425 g/mol. The summed E-state index contributed by atoms with van der Waals surface area (Å²) in [6.07, 6.45) is 5.90. The summed E-state index contributed by atoms with van der Waals surface area (Å²) in [5.41, 5.74) is 0.719. The van der Waals surface area contributed by atoms with Crippen molar-refractivity contribution in [3.05, 3.63) is 23.8 Å². The maximum absolute atomic E-state index is 11.6. The van der Waals surface area contributed by atoms with Crippen molar-refractivity contribution < 1.29 is 29.6 Å². The SMILES string of the molecule is CC(=O)N[C@H]1[C@@H](O[C@]2(C)C=C[C@@H]([C@@H](C)CCC=C(C)C)CC2)O[C@H](CO)[C@@H](O)[C@@H]1O. The molecule has 0 aromatic rings. The van der Waals surface area contributed by atoms with Crippen molar-refractivity contribution in [3.8, 4) is 0 Å². The van der Waals surface area contributed by atoms with E-state index in [9.17, 15) is 20.1 Å². The van der Waals surface area contributed by atoms with Crippen LogP contribution in [0.1, 0.15) is 60.3 Å². The molecular weight excluding hydrogens is 386 g/mol. The molecule has 1 heterocycles. The van der Waals surface area contributed by atoms with Gasteiger partial charge in [-0.05, 0) is 58.3 Å². The molecular formula is C23H39NO6. The van der Waals surface area contributed by atoms with Crippen molar-refractivity contribution in [2.24, 2.45) is 11.8 Å². The topological polar surface area (TPSA) is 108 Å². The number of carbonyl (C=O) groups excluding carboxylic acids is 1. The zero-order valence-electron chi connectivity index (χ0n) is 18.9. The normalized spacial score (nSPS) is 37.5. The number of ether oxygens (including phenoxy) is 2. The first-order valence-corrected chi connectivity index (χ1v) is 11.0. The summed E-state index contributed by atoms with van der Waals surface area (Å²) in [6.45, 7) is 9.34. The fraction of sp³-hybridized carbons (Fsp3) is 0.783. The smallest absolute Gasteiger partial charge is 0.217 e. The second-order valence-corrected chi connectivity index (χ2v) is 9.26. The van der Waals surface area contributed by atoms with E-state index in [0.29, 0.717) is 11.8 Å². The van der Waals surface area contributed by atoms with Crippen LogP contribution in [0, 0.1) is 11.8 Å². The molecule has 0 bridgehead atoms. The lowest BCUT2D eigenvalue weighted by atomic mass is 9.78. The summed E-state index contributed by atoms with van der Waals surface area (Å²) in [6, 6.07) is -0.925. The lowest BCUT2D eigenvalue weighted by Crippen LogP contribution is -2.65. The summed E-state index contributed by atoms with van der Waals surface area (Å²) in [5.74, 6) is 0.680. The molecule has 7 nitrogen and oxygen atoms in total. The Bertz CT molecular complexity index is 631. The Kier molecular flexibility index (Phi) is 9.06. The van der Waals surface area contributed by atoms with E-state index >= 15 is 0 Å². The molecule has 2 aliphatic rings. The zero-order valence-corrected chi connectivity index (χ0v) is 18.9. The highest BCUT2D eigenvalue weighted by Crippen LogP contribution is 2.36. The van der Waals surface area contributed by atoms with E-state index in [0.717, 1.165) is 25.7 Å². The van der Waals surface area contributed by atoms with Gasteiger partial charge in [-0.3, -0.25) is 4.79 Å². The summed E-state index contributed by atoms with van der Waals surface area (Å²) < 4.78 is 11.9. The van der Waals surface area contributed by atoms with Crippen molar-refractivity contribution in [3.63, 3.8) is 0 Å². The second-order valence-electron chi connectivity index (χ2n) is 9.26. The second kappa shape index (κ2) is 10.9. The maximum Gasteiger partial charge on any atom is 0.217 e. The molecule has 30 heavy (non-hydrogen) atoms. The van der Waals surface area contributed by atoms with Gasteiger partial charge in [-0.2, -0.15) is 0 Å². The van der Waals surface area contributed by atoms with Crippen molar-refractivity contribution in [2.75, 3.05) is 6.61 Å². The molecule has 1 amide bonds. The molecule has 0 unspecified atom stereocenters. The van der Waals surface area contributed by atoms with Gasteiger partial charge in [-0.15, -0.1) is 0 Å². The molecule has 0 aromatic carbocycles. The number of nitrogens with one attached hydrogen (secondary N) is 1. The quantitative estimate of drug-likeness (QED) is 0.443. The van der Waals surface area contributed by atoms with E-state index in [1.807, 2.05) is 13.0 Å². The molecule has 2 rings (SSSR count). The van der Waals surface area contributed by atoms with Crippen LogP contribution in [0.25, 0.3) is 0 Å². The van der Waals surface area contributed by atoms with Crippen LogP contribution in [0.2, 0.25) is 0 Å². The van der Waals surface area contributed by atoms with Gasteiger partial charge in [0.2, 0.25) is 5.91 Å². The average molecular weight is 426 g/mol. The third-order valence-corrected chi connectivity index (χ3v) is 6.21. The van der Waals surface area contributed by atoms with Crippen molar-refractivity contribution in [1.29, 1.82) is 0 Å². The zero-order chi connectivity index (χ0) is 22.5. The van der Waals surface area contributed by atoms with Crippen LogP contribution in [-0.2, 0) is 14.3 Å². The molecule has 4 N–H and O–H groups in total. The Labute approximate surface area is 180 Å². The number of hydrogen-bond acceptors (Lipinski definition) is 6. The minimum absolute atomic E-state index is 0.361. The Morgan fingerprint density at radius 3 is 2.57 bits per heavy atom. The van der Waals surface area contributed by atoms with Crippen LogP contribution >= 0.6 is 0 Å². The third-order valence-electron chi connectivity index (χ3n) is 6.21. The van der Waals surface area contributed by atoms with Crippen molar-refractivity contribution in [2.45, 2.75) is 96.5 Å². The van der Waals surface area contributed by atoms with Gasteiger partial charge in [0.1, 0.15) is 24.4 Å². The number of aliphatic hydroxyl groups excluding tert-OH is 3. The number of allylic oxidation sites excluding steroid dienone is 3. The van der Waals surface area contributed by atoms with Crippen molar-refractivity contribution in [1.82, 2.24) is 5.32 Å². The molecule has 172 valence electrons. The van der Waals surface area contributed by atoms with Gasteiger partial charge in [0.25, 0.3) is 0 Å². The molecule has 7 heteroatoms. The van der Waals surface area contributed by atoms with Crippen LogP contribution < -0.4 is 5.32 Å². The van der Waals surface area contributed by atoms with E-state index in [1.54, 1.807) is 0 Å². The molecule has 0 aromatic heterocycles. The van der Waals surface area contributed by atoms with Crippen LogP contribution in [0.4, 0.5) is 0 Å². The van der Waals surface area contributed by atoms with E-state index in [4.69, 9.17) is 9.47 Å². The highest BCUT2D eigenvalue weighted by Gasteiger charge is 2.47. The van der Waals surface area contributed by atoms with E-state index in [2.05, 4.69) is 38.2 Å². The minimum Gasteiger partial charge on any atom is -0.394 e. The van der Waals surface area contributed by atoms with Crippen LogP contribution in [-0.4, -0.2) is 64.1 Å². The molecule has 0 radical (unpaired) electrons. The number of carbonyl (C=O) groups is 1. The molecule has 0 saturated carbocycles. The van der Waals surface area contributed by atoms with Gasteiger partial charge in [0.05, 0.1) is 12.2 Å². The van der Waals surface area contributed by atoms with E-state index in [1.165, 1.54) is 12.5 Å². The Hall–Kier alpha value is -1.25. The molecule has 1 fully saturated rings. The number of rotatable bonds is 8. The van der Waals surface area contributed by atoms with Crippen LogP contribution in [0.5, 0.6) is 0 Å². The largest absolute Gasteiger partial charge is 0.394 e. The average Bonchev–Trinajstić information content (AvgIpc) is 2.67. The number of hydrogen-bond donors (Lipinski definition) is 4. The van der Waals surface area contributed by atoms with Crippen LogP contribution in [0.3, 0.4) is 0 Å². The van der Waals surface area contributed by atoms with Crippen molar-refractivity contribution >= 4 is 5.91 Å². The molecule has 1 aliphatic carbocycles. The van der Waals surface area contributed by atoms with E-state index in [-0.39, 0.29) is 5.91 Å². The highest BCUT2D eigenvalue weighted by atomic mass is 16.7. The summed E-state index contributed by atoms with van der Waals surface area (Å²) in [7, 11) is 0. The molecule has 8 atom stereocenters. The number of aliphatic hydroxyl groups is 3. The highest BCUT2D eigenvalue weighted by molar-refractivity contribution is 5.73. The summed E-state index contributed by atoms with van der Waals surface area (Å²) >= 11 is 0. The van der Waals surface area contributed by atoms with Gasteiger partial charge in [-0.25, -0.2) is 0 Å². The first-order chi connectivity index (χ1) is 14.1. The molecule has 0 spiro atoms. The molecule has 1 aliphatic heterocycles. The lowest BCUT2D eigenvalue weighted by molar-refractivity contribution is -0.292. The van der Waals surface area contributed by atoms with Crippen LogP contribution in [0.15, 0.2) is 23.8 Å². The predicted octanol–water partition coefficient (Wildman–Crippen LogP) is 2.05. The number of amides is 1. The van der Waals surface area contributed by atoms with Gasteiger partial charge >= 0.3 is 0 Å². The fourth-order valence-electron chi connectivity index (χ4n) is 4.22. The first kappa shape index (κ1) is 25.0. The maximum atomic E-state index is 11.6. The van der Waals surface area contributed by atoms with E-state index < -0.39 is 42.9 Å². The Morgan fingerprint density at radius 2 is 2.03 bits per heavy atom. The summed E-state index contributed by atoms with van der Waals surface area (Å²) in [5, 5.41) is 32.7. The minimum atomic E-state index is -1.31. The van der Waals surface area contributed by atoms with Gasteiger partial charge in [-0.1, -0.05) is 30.7 Å². The Balaban J connectivity index is 2.05.